The van der Waals surface area contributed by atoms with Gasteiger partial charge in [-0.15, -0.1) is 0 Å². The van der Waals surface area contributed by atoms with Crippen LogP contribution in [0.3, 0.4) is 0 Å². The van der Waals surface area contributed by atoms with E-state index in [1.54, 1.807) is 12.2 Å². The molecule has 0 N–H and O–H groups in total. The summed E-state index contributed by atoms with van der Waals surface area (Å²) in [6, 6.07) is 0. The Kier molecular flexibility index (Phi) is 6.21. The van der Waals surface area contributed by atoms with Crippen molar-refractivity contribution < 1.29 is 9.59 Å². The number of hydrogen-bond acceptors (Lipinski definition) is 3. The number of allylic oxidation sites excluding steroid dienone is 3. The molecule has 0 aliphatic rings. The molecule has 0 saturated heterocycles. The molecule has 0 radical (unpaired) electrons. The molecule has 0 aliphatic heterocycles. The summed E-state index contributed by atoms with van der Waals surface area (Å²) in [5, 5.41) is -0.141. The zero-order valence-corrected chi connectivity index (χ0v) is 9.90. The fraction of sp³-hybridized carbons (Fsp3) is 0.455. The van der Waals surface area contributed by atoms with E-state index in [4.69, 9.17) is 0 Å². The fourth-order valence-electron chi connectivity index (χ4n) is 0.788. The summed E-state index contributed by atoms with van der Waals surface area (Å²) in [6.45, 7) is 7.15. The Balaban J connectivity index is 4.77. The van der Waals surface area contributed by atoms with Gasteiger partial charge in [0.25, 0.3) is 0 Å². The second-order valence-corrected chi connectivity index (χ2v) is 4.34. The number of hydrogen-bond donors (Lipinski definition) is 0. The molecule has 0 aromatic rings. The lowest BCUT2D eigenvalue weighted by molar-refractivity contribution is -0.116. The predicted molar refractivity (Wildman–Crippen MR) is 61.3 cm³/mol. The minimum absolute atomic E-state index is 0.141. The first kappa shape index (κ1) is 13.2. The van der Waals surface area contributed by atoms with E-state index in [1.165, 1.54) is 6.92 Å². The largest absolute Gasteiger partial charge is 0.294 e. The van der Waals surface area contributed by atoms with Gasteiger partial charge in [-0.3, -0.25) is 9.59 Å². The molecule has 2 nitrogen and oxygen atoms in total. The molecular weight excluding hydrogens is 196 g/mol. The van der Waals surface area contributed by atoms with Crippen LogP contribution in [0.2, 0.25) is 0 Å². The lowest BCUT2D eigenvalue weighted by Gasteiger charge is -1.99. The van der Waals surface area contributed by atoms with Gasteiger partial charge in [0.1, 0.15) is 0 Å². The zero-order chi connectivity index (χ0) is 11.1. The summed E-state index contributed by atoms with van der Waals surface area (Å²) in [4.78, 5) is 22.6. The number of carbonyl (C=O) groups is 2. The van der Waals surface area contributed by atoms with Crippen LogP contribution in [-0.2, 0) is 9.59 Å². The van der Waals surface area contributed by atoms with E-state index in [-0.39, 0.29) is 16.5 Å². The second-order valence-electron chi connectivity index (χ2n) is 3.10. The summed E-state index contributed by atoms with van der Waals surface area (Å²) in [7, 11) is 0. The smallest absolute Gasteiger partial charge is 0.222 e. The quantitative estimate of drug-likeness (QED) is 0.311. The number of ketones is 1. The molecule has 0 bridgehead atoms. The Labute approximate surface area is 89.5 Å². The molecule has 0 saturated carbocycles. The van der Waals surface area contributed by atoms with Crippen LogP contribution in [-0.4, -0.2) is 16.7 Å². The summed E-state index contributed by atoms with van der Waals surface area (Å²) < 4.78 is 0. The van der Waals surface area contributed by atoms with Gasteiger partial charge in [0, 0.05) is 0 Å². The topological polar surface area (TPSA) is 34.1 Å². The third-order valence-electron chi connectivity index (χ3n) is 1.46. The van der Waals surface area contributed by atoms with E-state index in [0.29, 0.717) is 5.75 Å². The number of Topliss-reactive ketones (excluding diaryl/α,β-unsaturated/α-hetero) is 1. The van der Waals surface area contributed by atoms with Gasteiger partial charge in [-0.2, -0.15) is 0 Å². The van der Waals surface area contributed by atoms with Crippen molar-refractivity contribution in [3.05, 3.63) is 23.3 Å². The number of thioether (sulfide) groups is 1. The molecule has 0 unspecified atom stereocenters. The fourth-order valence-corrected chi connectivity index (χ4v) is 1.42. The molecule has 0 rings (SSSR count). The Morgan fingerprint density at radius 1 is 1.14 bits per heavy atom. The van der Waals surface area contributed by atoms with Crippen LogP contribution in [0.25, 0.3) is 0 Å². The van der Waals surface area contributed by atoms with Crippen molar-refractivity contribution in [3.63, 3.8) is 0 Å². The Morgan fingerprint density at radius 2 is 1.71 bits per heavy atom. The molecule has 0 atom stereocenters. The summed E-state index contributed by atoms with van der Waals surface area (Å²) in [6.07, 6.45) is 3.38. The van der Waals surface area contributed by atoms with Gasteiger partial charge in [-0.1, -0.05) is 30.3 Å². The van der Waals surface area contributed by atoms with Crippen molar-refractivity contribution in [3.8, 4) is 0 Å². The average molecular weight is 212 g/mol. The van der Waals surface area contributed by atoms with Gasteiger partial charge in [0.15, 0.2) is 5.78 Å². The molecule has 0 amide bonds. The molecule has 0 aromatic heterocycles. The molecular formula is C11H16O2S. The first-order valence-corrected chi connectivity index (χ1v) is 5.50. The van der Waals surface area contributed by atoms with Crippen molar-refractivity contribution in [1.29, 1.82) is 0 Å². The van der Waals surface area contributed by atoms with Crippen molar-refractivity contribution in [2.24, 2.45) is 0 Å². The van der Waals surface area contributed by atoms with Crippen LogP contribution in [0.5, 0.6) is 0 Å². The minimum atomic E-state index is -0.173. The molecule has 78 valence electrons. The maximum absolute atomic E-state index is 11.4. The van der Waals surface area contributed by atoms with Crippen molar-refractivity contribution in [2.75, 3.05) is 5.75 Å². The highest BCUT2D eigenvalue weighted by molar-refractivity contribution is 8.14. The molecule has 0 spiro atoms. The molecule has 0 heterocycles. The third kappa shape index (κ3) is 5.02. The van der Waals surface area contributed by atoms with E-state index in [1.807, 2.05) is 20.8 Å². The first-order valence-electron chi connectivity index (χ1n) is 4.52. The molecule has 0 aliphatic carbocycles. The third-order valence-corrected chi connectivity index (χ3v) is 2.23. The summed E-state index contributed by atoms with van der Waals surface area (Å²) in [5.74, 6) is 0.520. The van der Waals surface area contributed by atoms with Crippen LogP contribution in [0.4, 0.5) is 0 Å². The van der Waals surface area contributed by atoms with Gasteiger partial charge in [0.05, 0.1) is 5.57 Å². The Hall–Kier alpha value is -0.830. The Morgan fingerprint density at radius 3 is 2.07 bits per heavy atom. The number of rotatable bonds is 4. The summed E-state index contributed by atoms with van der Waals surface area (Å²) in [5.41, 5.74) is 1.34. The lowest BCUT2D eigenvalue weighted by Crippen LogP contribution is -2.06. The Bertz CT molecular complexity index is 284. The second kappa shape index (κ2) is 6.60. The molecule has 14 heavy (non-hydrogen) atoms. The van der Waals surface area contributed by atoms with Crippen molar-refractivity contribution in [2.45, 2.75) is 27.7 Å². The van der Waals surface area contributed by atoms with Crippen LogP contribution in [0, 0.1) is 0 Å². The molecule has 0 aromatic carbocycles. The zero-order valence-electron chi connectivity index (χ0n) is 9.09. The maximum Gasteiger partial charge on any atom is 0.222 e. The van der Waals surface area contributed by atoms with Gasteiger partial charge in [-0.25, -0.2) is 0 Å². The van der Waals surface area contributed by atoms with E-state index >= 15 is 0 Å². The van der Waals surface area contributed by atoms with Gasteiger partial charge in [-0.05, 0) is 32.6 Å². The van der Waals surface area contributed by atoms with Gasteiger partial charge >= 0.3 is 0 Å². The van der Waals surface area contributed by atoms with Gasteiger partial charge in [0.2, 0.25) is 5.12 Å². The SMILES string of the molecule is CCSC(=O)/C(=C/C=C(C)C)C(C)=O. The van der Waals surface area contributed by atoms with Crippen molar-refractivity contribution >= 4 is 22.7 Å². The van der Waals surface area contributed by atoms with Crippen LogP contribution < -0.4 is 0 Å². The highest BCUT2D eigenvalue weighted by atomic mass is 32.2. The standard InChI is InChI=1S/C11H16O2S/c1-5-14-11(13)10(9(4)12)7-6-8(2)3/h6-7H,5H2,1-4H3/b10-7+. The summed E-state index contributed by atoms with van der Waals surface area (Å²) >= 11 is 1.16. The van der Waals surface area contributed by atoms with Crippen molar-refractivity contribution in [1.82, 2.24) is 0 Å². The normalized spacial score (nSPS) is 11.0. The molecule has 3 heteroatoms. The predicted octanol–water partition coefficient (Wildman–Crippen LogP) is 2.75. The van der Waals surface area contributed by atoms with E-state index in [9.17, 15) is 9.59 Å². The first-order chi connectivity index (χ1) is 6.49. The lowest BCUT2D eigenvalue weighted by atomic mass is 10.1. The van der Waals surface area contributed by atoms with E-state index in [0.717, 1.165) is 17.3 Å². The highest BCUT2D eigenvalue weighted by Crippen LogP contribution is 2.11. The minimum Gasteiger partial charge on any atom is -0.294 e. The van der Waals surface area contributed by atoms with Crippen LogP contribution in [0.15, 0.2) is 23.3 Å². The van der Waals surface area contributed by atoms with Crippen LogP contribution >= 0.6 is 11.8 Å². The monoisotopic (exact) mass is 212 g/mol. The van der Waals surface area contributed by atoms with E-state index in [2.05, 4.69) is 0 Å². The highest BCUT2D eigenvalue weighted by Gasteiger charge is 2.12. The van der Waals surface area contributed by atoms with Crippen LogP contribution in [0.1, 0.15) is 27.7 Å². The van der Waals surface area contributed by atoms with E-state index < -0.39 is 0 Å². The van der Waals surface area contributed by atoms with Gasteiger partial charge < -0.3 is 0 Å². The number of carbonyl (C=O) groups excluding carboxylic acids is 2. The average Bonchev–Trinajstić information content (AvgIpc) is 2.03. The maximum atomic E-state index is 11.4. The molecule has 0 fully saturated rings.